The Hall–Kier alpha value is -1.06. The Morgan fingerprint density at radius 2 is 2.25 bits per heavy atom. The number of amides is 1. The molecule has 0 radical (unpaired) electrons. The van der Waals surface area contributed by atoms with E-state index in [1.165, 1.54) is 19.3 Å². The van der Waals surface area contributed by atoms with Crippen LogP contribution in [0.1, 0.15) is 49.8 Å². The SMILES string of the molecule is CCNC(CC1CCC1)c1cc2c(cc1Cl)NC(=O)C2. The van der Waals surface area contributed by atoms with Crippen LogP contribution in [0.5, 0.6) is 0 Å². The normalized spacial score (nSPS) is 19.4. The molecule has 2 N–H and O–H groups in total. The van der Waals surface area contributed by atoms with Gasteiger partial charge in [-0.3, -0.25) is 4.79 Å². The van der Waals surface area contributed by atoms with Crippen molar-refractivity contribution in [2.24, 2.45) is 5.92 Å². The molecule has 0 aromatic heterocycles. The highest BCUT2D eigenvalue weighted by Gasteiger charge is 2.26. The molecule has 1 aliphatic carbocycles. The molecule has 1 heterocycles. The smallest absolute Gasteiger partial charge is 0.228 e. The molecule has 1 aromatic carbocycles. The Bertz CT molecular complexity index is 525. The predicted molar refractivity (Wildman–Crippen MR) is 82.2 cm³/mol. The van der Waals surface area contributed by atoms with Crippen LogP contribution in [-0.2, 0) is 11.2 Å². The number of halogens is 1. The Morgan fingerprint density at radius 3 is 2.90 bits per heavy atom. The quantitative estimate of drug-likeness (QED) is 0.869. The number of benzene rings is 1. The van der Waals surface area contributed by atoms with Crippen LogP contribution < -0.4 is 10.6 Å². The molecular formula is C16H21ClN2O. The van der Waals surface area contributed by atoms with Crippen LogP contribution in [0, 0.1) is 5.92 Å². The summed E-state index contributed by atoms with van der Waals surface area (Å²) in [5.74, 6) is 0.885. The van der Waals surface area contributed by atoms with Crippen molar-refractivity contribution in [3.05, 3.63) is 28.3 Å². The lowest BCUT2D eigenvalue weighted by Gasteiger charge is -2.31. The lowest BCUT2D eigenvalue weighted by molar-refractivity contribution is -0.115. The van der Waals surface area contributed by atoms with E-state index in [9.17, 15) is 4.79 Å². The van der Waals surface area contributed by atoms with Crippen molar-refractivity contribution in [3.63, 3.8) is 0 Å². The maximum atomic E-state index is 11.5. The minimum atomic E-state index is 0.0622. The number of carbonyl (C=O) groups excluding carboxylic acids is 1. The second kappa shape index (κ2) is 5.74. The predicted octanol–water partition coefficient (Wildman–Crippen LogP) is 3.68. The molecule has 1 aliphatic heterocycles. The van der Waals surface area contributed by atoms with Crippen molar-refractivity contribution in [2.45, 2.75) is 45.1 Å². The number of nitrogens with one attached hydrogen (secondary N) is 2. The van der Waals surface area contributed by atoms with E-state index in [4.69, 9.17) is 11.6 Å². The van der Waals surface area contributed by atoms with Gasteiger partial charge in [0.15, 0.2) is 0 Å². The first-order chi connectivity index (χ1) is 9.67. The minimum absolute atomic E-state index is 0.0622. The third-order valence-electron chi connectivity index (χ3n) is 4.47. The number of carbonyl (C=O) groups is 1. The monoisotopic (exact) mass is 292 g/mol. The van der Waals surface area contributed by atoms with E-state index in [1.54, 1.807) is 0 Å². The summed E-state index contributed by atoms with van der Waals surface area (Å²) in [4.78, 5) is 11.5. The van der Waals surface area contributed by atoms with E-state index in [-0.39, 0.29) is 5.91 Å². The van der Waals surface area contributed by atoms with Gasteiger partial charge >= 0.3 is 0 Å². The molecule has 1 atom stereocenters. The zero-order valence-electron chi connectivity index (χ0n) is 11.8. The van der Waals surface area contributed by atoms with E-state index in [0.29, 0.717) is 12.5 Å². The lowest BCUT2D eigenvalue weighted by Crippen LogP contribution is -2.26. The molecule has 2 aliphatic rings. The Balaban J connectivity index is 1.86. The van der Waals surface area contributed by atoms with Crippen LogP contribution >= 0.6 is 11.6 Å². The summed E-state index contributed by atoms with van der Waals surface area (Å²) in [6, 6.07) is 4.32. The maximum absolute atomic E-state index is 11.5. The Kier molecular flexibility index (Phi) is 3.99. The van der Waals surface area contributed by atoms with Crippen molar-refractivity contribution >= 4 is 23.2 Å². The fourth-order valence-electron chi connectivity index (χ4n) is 3.16. The van der Waals surface area contributed by atoms with Crippen LogP contribution in [0.3, 0.4) is 0 Å². The number of rotatable bonds is 5. The largest absolute Gasteiger partial charge is 0.325 e. The fourth-order valence-corrected chi connectivity index (χ4v) is 3.46. The summed E-state index contributed by atoms with van der Waals surface area (Å²) in [5.41, 5.74) is 3.10. The average Bonchev–Trinajstić information content (AvgIpc) is 2.70. The fraction of sp³-hybridized carbons (Fsp3) is 0.562. The zero-order chi connectivity index (χ0) is 14.1. The standard InChI is InChI=1S/C16H21ClN2O/c1-2-18-15(6-10-4-3-5-10)12-7-11-8-16(20)19-14(11)9-13(12)17/h7,9-10,15,18H,2-6,8H2,1H3,(H,19,20). The first-order valence-corrected chi connectivity index (χ1v) is 7.90. The summed E-state index contributed by atoms with van der Waals surface area (Å²) >= 11 is 6.44. The second-order valence-corrected chi connectivity index (χ2v) is 6.31. The summed E-state index contributed by atoms with van der Waals surface area (Å²) in [5, 5.41) is 7.17. The van der Waals surface area contributed by atoms with Gasteiger partial charge in [-0.05, 0) is 36.1 Å². The average molecular weight is 293 g/mol. The highest BCUT2D eigenvalue weighted by atomic mass is 35.5. The van der Waals surface area contributed by atoms with E-state index >= 15 is 0 Å². The van der Waals surface area contributed by atoms with E-state index in [1.807, 2.05) is 6.07 Å². The van der Waals surface area contributed by atoms with Crippen LogP contribution in [0.15, 0.2) is 12.1 Å². The van der Waals surface area contributed by atoms with Crippen LogP contribution in [0.2, 0.25) is 5.02 Å². The molecule has 4 heteroatoms. The van der Waals surface area contributed by atoms with Gasteiger partial charge < -0.3 is 10.6 Å². The molecule has 0 bridgehead atoms. The number of fused-ring (bicyclic) bond motifs is 1. The third-order valence-corrected chi connectivity index (χ3v) is 4.79. The highest BCUT2D eigenvalue weighted by molar-refractivity contribution is 6.32. The van der Waals surface area contributed by atoms with Gasteiger partial charge in [0, 0.05) is 16.8 Å². The van der Waals surface area contributed by atoms with Gasteiger partial charge in [0.2, 0.25) is 5.91 Å². The summed E-state index contributed by atoms with van der Waals surface area (Å²) in [7, 11) is 0. The summed E-state index contributed by atoms with van der Waals surface area (Å²) in [6.07, 6.45) is 5.66. The first-order valence-electron chi connectivity index (χ1n) is 7.53. The van der Waals surface area contributed by atoms with Crippen LogP contribution in [0.4, 0.5) is 5.69 Å². The topological polar surface area (TPSA) is 41.1 Å². The highest BCUT2D eigenvalue weighted by Crippen LogP contribution is 2.39. The van der Waals surface area contributed by atoms with E-state index in [0.717, 1.165) is 40.7 Å². The molecule has 3 rings (SSSR count). The van der Waals surface area contributed by atoms with Gasteiger partial charge in [-0.15, -0.1) is 0 Å². The second-order valence-electron chi connectivity index (χ2n) is 5.90. The van der Waals surface area contributed by atoms with Gasteiger partial charge in [-0.1, -0.05) is 43.9 Å². The molecule has 108 valence electrons. The number of hydrogen-bond donors (Lipinski definition) is 2. The van der Waals surface area contributed by atoms with Crippen molar-refractivity contribution < 1.29 is 4.79 Å². The van der Waals surface area contributed by atoms with Gasteiger partial charge in [0.05, 0.1) is 6.42 Å². The van der Waals surface area contributed by atoms with E-state index in [2.05, 4.69) is 23.6 Å². The molecule has 0 saturated heterocycles. The Morgan fingerprint density at radius 1 is 1.45 bits per heavy atom. The zero-order valence-corrected chi connectivity index (χ0v) is 12.6. The van der Waals surface area contributed by atoms with Crippen molar-refractivity contribution in [2.75, 3.05) is 11.9 Å². The van der Waals surface area contributed by atoms with Crippen molar-refractivity contribution in [1.82, 2.24) is 5.32 Å². The lowest BCUT2D eigenvalue weighted by atomic mass is 9.79. The van der Waals surface area contributed by atoms with Gasteiger partial charge in [0.25, 0.3) is 0 Å². The molecule has 3 nitrogen and oxygen atoms in total. The summed E-state index contributed by atoms with van der Waals surface area (Å²) in [6.45, 7) is 3.06. The summed E-state index contributed by atoms with van der Waals surface area (Å²) < 4.78 is 0. The van der Waals surface area contributed by atoms with E-state index < -0.39 is 0 Å². The van der Waals surface area contributed by atoms with Gasteiger partial charge in [-0.25, -0.2) is 0 Å². The molecule has 0 spiro atoms. The molecule has 1 unspecified atom stereocenters. The molecule has 20 heavy (non-hydrogen) atoms. The van der Waals surface area contributed by atoms with Gasteiger partial charge in [-0.2, -0.15) is 0 Å². The minimum Gasteiger partial charge on any atom is -0.325 e. The van der Waals surface area contributed by atoms with Crippen molar-refractivity contribution in [3.8, 4) is 0 Å². The van der Waals surface area contributed by atoms with Crippen molar-refractivity contribution in [1.29, 1.82) is 0 Å². The molecule has 1 aromatic rings. The third kappa shape index (κ3) is 2.70. The van der Waals surface area contributed by atoms with Crippen LogP contribution in [0.25, 0.3) is 0 Å². The Labute approximate surface area is 125 Å². The first kappa shape index (κ1) is 13.9. The van der Waals surface area contributed by atoms with Gasteiger partial charge in [0.1, 0.15) is 0 Å². The van der Waals surface area contributed by atoms with Crippen LogP contribution in [-0.4, -0.2) is 12.5 Å². The molecule has 1 fully saturated rings. The number of hydrogen-bond acceptors (Lipinski definition) is 2. The molecule has 1 saturated carbocycles. The molecular weight excluding hydrogens is 272 g/mol. The molecule has 1 amide bonds. The number of anilines is 1. The maximum Gasteiger partial charge on any atom is 0.228 e.